The second kappa shape index (κ2) is 10.5. The van der Waals surface area contributed by atoms with Crippen LogP contribution < -0.4 is 15.2 Å². The number of Topliss-reactive ketones (excluding diaryl/α,β-unsaturated/α-hetero) is 1. The smallest absolute Gasteiger partial charge is 0.340 e. The van der Waals surface area contributed by atoms with Crippen LogP contribution in [0.3, 0.4) is 0 Å². The maximum atomic E-state index is 13.2. The molecule has 0 saturated carbocycles. The van der Waals surface area contributed by atoms with E-state index in [9.17, 15) is 14.0 Å². The lowest BCUT2D eigenvalue weighted by Gasteiger charge is -2.32. The lowest BCUT2D eigenvalue weighted by Crippen LogP contribution is -2.31. The van der Waals surface area contributed by atoms with E-state index in [1.807, 2.05) is 6.92 Å². The number of allylic oxidation sites excluding steroid dienone is 2. The van der Waals surface area contributed by atoms with E-state index in [0.717, 1.165) is 5.56 Å². The Hall–Kier alpha value is -3.33. The maximum absolute atomic E-state index is 13.2. The first-order valence-corrected chi connectivity index (χ1v) is 12.0. The Balaban J connectivity index is 1.78. The molecule has 0 aromatic heterocycles. The van der Waals surface area contributed by atoms with Gasteiger partial charge >= 0.3 is 5.97 Å². The number of benzene rings is 2. The first-order chi connectivity index (χ1) is 16.8. The normalized spacial score (nSPS) is 17.6. The molecule has 2 aromatic rings. The summed E-state index contributed by atoms with van der Waals surface area (Å²) in [5.41, 5.74) is 7.99. The molecule has 0 radical (unpaired) electrons. The molecule has 1 atom stereocenters. The van der Waals surface area contributed by atoms with Crippen molar-refractivity contribution in [2.75, 3.05) is 13.7 Å². The van der Waals surface area contributed by atoms with Gasteiger partial charge in [0.1, 0.15) is 23.8 Å². The Morgan fingerprint density at radius 2 is 1.94 bits per heavy atom. The molecule has 2 aliphatic rings. The molecule has 0 bridgehead atoms. The highest BCUT2D eigenvalue weighted by Gasteiger charge is 2.41. The number of hydrogen-bond acceptors (Lipinski definition) is 7. The summed E-state index contributed by atoms with van der Waals surface area (Å²) in [6, 6.07) is 9.50. The molecule has 4 rings (SSSR count). The zero-order chi connectivity index (χ0) is 25.1. The number of hydrogen-bond donors (Lipinski definition) is 1. The Kier molecular flexibility index (Phi) is 7.45. The fraction of sp³-hybridized carbons (Fsp3) is 0.308. The van der Waals surface area contributed by atoms with E-state index in [4.69, 9.17) is 24.7 Å². The van der Waals surface area contributed by atoms with E-state index in [0.29, 0.717) is 58.7 Å². The number of esters is 1. The Labute approximate surface area is 210 Å². The van der Waals surface area contributed by atoms with Gasteiger partial charge in [0.2, 0.25) is 5.88 Å². The summed E-state index contributed by atoms with van der Waals surface area (Å²) in [6.07, 6.45) is 1.55. The zero-order valence-corrected chi connectivity index (χ0v) is 20.9. The van der Waals surface area contributed by atoms with Gasteiger partial charge in [-0.2, -0.15) is 0 Å². The topological polar surface area (TPSA) is 97.1 Å². The molecule has 0 unspecified atom stereocenters. The number of ether oxygens (including phenoxy) is 4. The van der Waals surface area contributed by atoms with Crippen LogP contribution in [-0.4, -0.2) is 25.5 Å². The van der Waals surface area contributed by atoms with Crippen LogP contribution in [0.25, 0.3) is 0 Å². The van der Waals surface area contributed by atoms with Gasteiger partial charge in [-0.3, -0.25) is 4.79 Å². The van der Waals surface area contributed by atoms with Crippen LogP contribution in [0.15, 0.2) is 63.7 Å². The first-order valence-electron chi connectivity index (χ1n) is 11.2. The fourth-order valence-corrected chi connectivity index (χ4v) is 4.87. The minimum Gasteiger partial charge on any atom is -0.490 e. The van der Waals surface area contributed by atoms with Crippen molar-refractivity contribution < 1.29 is 32.9 Å². The molecule has 2 N–H and O–H groups in total. The molecule has 7 nitrogen and oxygen atoms in total. The highest BCUT2D eigenvalue weighted by atomic mass is 79.9. The third-order valence-electron chi connectivity index (χ3n) is 5.85. The van der Waals surface area contributed by atoms with E-state index in [1.54, 1.807) is 24.3 Å². The molecule has 0 spiro atoms. The Morgan fingerprint density at radius 1 is 1.20 bits per heavy atom. The SMILES string of the molecule is CCOc1cc([C@@H]2C(C(=O)OC)=C(N)OC3=C2C(=O)CCC3)cc(Br)c1OCc1ccc(F)cc1. The number of nitrogens with two attached hydrogens (primary N) is 1. The predicted octanol–water partition coefficient (Wildman–Crippen LogP) is 5.03. The van der Waals surface area contributed by atoms with Gasteiger partial charge in [0.05, 0.1) is 24.1 Å². The molecule has 184 valence electrons. The van der Waals surface area contributed by atoms with E-state index in [1.165, 1.54) is 19.2 Å². The Morgan fingerprint density at radius 3 is 2.63 bits per heavy atom. The average molecular weight is 546 g/mol. The molecular weight excluding hydrogens is 521 g/mol. The second-order valence-corrected chi connectivity index (χ2v) is 8.95. The van der Waals surface area contributed by atoms with E-state index < -0.39 is 11.9 Å². The van der Waals surface area contributed by atoms with Crippen molar-refractivity contribution in [1.82, 2.24) is 0 Å². The summed E-state index contributed by atoms with van der Waals surface area (Å²) in [6.45, 7) is 2.37. The van der Waals surface area contributed by atoms with Crippen molar-refractivity contribution in [2.45, 2.75) is 38.7 Å². The van der Waals surface area contributed by atoms with Crippen LogP contribution in [0.4, 0.5) is 4.39 Å². The van der Waals surface area contributed by atoms with Gasteiger partial charge in [-0.15, -0.1) is 0 Å². The van der Waals surface area contributed by atoms with Crippen LogP contribution in [0.5, 0.6) is 11.5 Å². The molecule has 0 amide bonds. The quantitative estimate of drug-likeness (QED) is 0.487. The van der Waals surface area contributed by atoms with Gasteiger partial charge in [-0.25, -0.2) is 9.18 Å². The number of ketones is 1. The third kappa shape index (κ3) is 5.05. The highest BCUT2D eigenvalue weighted by molar-refractivity contribution is 9.10. The van der Waals surface area contributed by atoms with Crippen molar-refractivity contribution in [3.63, 3.8) is 0 Å². The van der Waals surface area contributed by atoms with Gasteiger partial charge in [0, 0.05) is 18.4 Å². The second-order valence-electron chi connectivity index (χ2n) is 8.10. The number of methoxy groups -OCH3 is 1. The molecule has 2 aromatic carbocycles. The molecule has 35 heavy (non-hydrogen) atoms. The van der Waals surface area contributed by atoms with Gasteiger partial charge in [0.25, 0.3) is 0 Å². The van der Waals surface area contributed by atoms with Crippen molar-refractivity contribution in [1.29, 1.82) is 0 Å². The molecule has 0 saturated heterocycles. The van der Waals surface area contributed by atoms with Crippen molar-refractivity contribution >= 4 is 27.7 Å². The number of carbonyl (C=O) groups excluding carboxylic acids is 2. The van der Waals surface area contributed by atoms with Crippen LogP contribution >= 0.6 is 15.9 Å². The van der Waals surface area contributed by atoms with E-state index in [2.05, 4.69) is 15.9 Å². The molecule has 1 aliphatic carbocycles. The summed E-state index contributed by atoms with van der Waals surface area (Å²) in [5, 5.41) is 0. The average Bonchev–Trinajstić information content (AvgIpc) is 2.83. The maximum Gasteiger partial charge on any atom is 0.340 e. The van der Waals surface area contributed by atoms with Gasteiger partial charge in [-0.05, 0) is 64.7 Å². The molecular formula is C26H25BrFNO6. The third-order valence-corrected chi connectivity index (χ3v) is 6.44. The molecule has 1 aliphatic heterocycles. The van der Waals surface area contributed by atoms with Crippen LogP contribution in [0, 0.1) is 5.82 Å². The molecule has 0 fully saturated rings. The molecule has 9 heteroatoms. The van der Waals surface area contributed by atoms with Crippen LogP contribution in [0.2, 0.25) is 0 Å². The first kappa shape index (κ1) is 24.8. The summed E-state index contributed by atoms with van der Waals surface area (Å²) < 4.78 is 36.3. The highest BCUT2D eigenvalue weighted by Crippen LogP contribution is 2.47. The Bertz CT molecular complexity index is 1220. The standard InChI is InChI=1S/C26H25BrFNO6/c1-3-33-20-12-15(11-17(27)24(20)34-13-14-7-9-16(28)10-8-14)21-22-18(30)5-4-6-19(22)35-25(29)23(21)26(31)32-2/h7-12,21H,3-6,13,29H2,1-2H3/t21-/m0/s1. The minimum absolute atomic E-state index is 0.0656. The fourth-order valence-electron chi connectivity index (χ4n) is 4.29. The minimum atomic E-state index is -0.777. The predicted molar refractivity (Wildman–Crippen MR) is 129 cm³/mol. The van der Waals surface area contributed by atoms with Crippen molar-refractivity contribution in [2.24, 2.45) is 5.73 Å². The lowest BCUT2D eigenvalue weighted by molar-refractivity contribution is -0.136. The summed E-state index contributed by atoms with van der Waals surface area (Å²) in [5.74, 6) is -0.639. The summed E-state index contributed by atoms with van der Waals surface area (Å²) in [7, 11) is 1.25. The number of rotatable bonds is 7. The molecule has 1 heterocycles. The van der Waals surface area contributed by atoms with Gasteiger partial charge in [0.15, 0.2) is 17.3 Å². The monoisotopic (exact) mass is 545 g/mol. The van der Waals surface area contributed by atoms with Crippen molar-refractivity contribution in [3.05, 3.63) is 80.6 Å². The zero-order valence-electron chi connectivity index (χ0n) is 19.4. The van der Waals surface area contributed by atoms with Gasteiger partial charge < -0.3 is 24.7 Å². The summed E-state index contributed by atoms with van der Waals surface area (Å²) >= 11 is 3.55. The van der Waals surface area contributed by atoms with Crippen LogP contribution in [-0.2, 0) is 25.7 Å². The lowest BCUT2D eigenvalue weighted by atomic mass is 9.77. The van der Waals surface area contributed by atoms with E-state index in [-0.39, 0.29) is 29.7 Å². The number of carbonyl (C=O) groups is 2. The largest absolute Gasteiger partial charge is 0.490 e. The van der Waals surface area contributed by atoms with Crippen LogP contribution in [0.1, 0.15) is 43.2 Å². The summed E-state index contributed by atoms with van der Waals surface area (Å²) in [4.78, 5) is 25.7. The van der Waals surface area contributed by atoms with E-state index >= 15 is 0 Å². The van der Waals surface area contributed by atoms with Gasteiger partial charge in [-0.1, -0.05) is 12.1 Å². The number of halogens is 2. The van der Waals surface area contributed by atoms with Crippen molar-refractivity contribution in [3.8, 4) is 11.5 Å².